The topological polar surface area (TPSA) is 44.5 Å². The van der Waals surface area contributed by atoms with Gasteiger partial charge in [-0.1, -0.05) is 19.9 Å². The summed E-state index contributed by atoms with van der Waals surface area (Å²) in [5.41, 5.74) is 7.49. The van der Waals surface area contributed by atoms with Gasteiger partial charge in [0.05, 0.1) is 13.7 Å². The second-order valence-electron chi connectivity index (χ2n) is 5.33. The third-order valence-corrected chi connectivity index (χ3v) is 3.78. The number of ether oxygens (including phenoxy) is 2. The van der Waals surface area contributed by atoms with Crippen LogP contribution >= 0.6 is 0 Å². The molecule has 0 amide bonds. The van der Waals surface area contributed by atoms with Gasteiger partial charge >= 0.3 is 0 Å². The molecule has 0 saturated heterocycles. The van der Waals surface area contributed by atoms with Crippen molar-refractivity contribution in [1.82, 2.24) is 0 Å². The smallest absolute Gasteiger partial charge is 0.161 e. The first-order chi connectivity index (χ1) is 7.94. The van der Waals surface area contributed by atoms with Crippen LogP contribution < -0.4 is 15.2 Å². The standard InChI is InChI=1S/C14H21NO2/c1-5-17-12-8-10(6-7-11(12)16-4)14(15)9-13(14,2)3/h6-8H,5,9,15H2,1-4H3. The first-order valence-corrected chi connectivity index (χ1v) is 6.05. The first-order valence-electron chi connectivity index (χ1n) is 6.05. The van der Waals surface area contributed by atoms with Gasteiger partial charge in [-0.25, -0.2) is 0 Å². The van der Waals surface area contributed by atoms with Gasteiger partial charge in [-0.05, 0) is 36.5 Å². The molecular formula is C14H21NO2. The minimum absolute atomic E-state index is 0.172. The Labute approximate surface area is 103 Å². The van der Waals surface area contributed by atoms with E-state index in [9.17, 15) is 0 Å². The summed E-state index contributed by atoms with van der Waals surface area (Å²) in [6.45, 7) is 6.97. The number of hydrogen-bond acceptors (Lipinski definition) is 3. The van der Waals surface area contributed by atoms with Crippen LogP contribution in [-0.4, -0.2) is 13.7 Å². The van der Waals surface area contributed by atoms with Crippen LogP contribution in [0, 0.1) is 5.41 Å². The van der Waals surface area contributed by atoms with Crippen molar-refractivity contribution < 1.29 is 9.47 Å². The lowest BCUT2D eigenvalue weighted by atomic mass is 9.97. The molecule has 0 aliphatic heterocycles. The molecule has 0 aromatic heterocycles. The summed E-state index contributed by atoms with van der Waals surface area (Å²) in [6.07, 6.45) is 1.01. The van der Waals surface area contributed by atoms with E-state index < -0.39 is 0 Å². The van der Waals surface area contributed by atoms with Crippen molar-refractivity contribution in [2.24, 2.45) is 11.1 Å². The summed E-state index contributed by atoms with van der Waals surface area (Å²) in [7, 11) is 1.65. The van der Waals surface area contributed by atoms with Crippen LogP contribution in [0.25, 0.3) is 0 Å². The molecule has 1 unspecified atom stereocenters. The maximum atomic E-state index is 6.41. The fourth-order valence-electron chi connectivity index (χ4n) is 2.37. The molecule has 1 saturated carbocycles. The van der Waals surface area contributed by atoms with Gasteiger partial charge in [-0.2, -0.15) is 0 Å². The Bertz CT molecular complexity index is 428. The fourth-order valence-corrected chi connectivity index (χ4v) is 2.37. The van der Waals surface area contributed by atoms with Crippen molar-refractivity contribution >= 4 is 0 Å². The lowest BCUT2D eigenvalue weighted by Gasteiger charge is -2.18. The second kappa shape index (κ2) is 3.91. The SMILES string of the molecule is CCOc1cc(C2(N)CC2(C)C)ccc1OC. The van der Waals surface area contributed by atoms with E-state index in [4.69, 9.17) is 15.2 Å². The molecule has 0 spiro atoms. The molecule has 1 aromatic rings. The van der Waals surface area contributed by atoms with Gasteiger partial charge in [-0.15, -0.1) is 0 Å². The number of benzene rings is 1. The summed E-state index contributed by atoms with van der Waals surface area (Å²) in [5.74, 6) is 1.54. The highest BCUT2D eigenvalue weighted by Gasteiger charge is 2.59. The molecule has 3 heteroatoms. The summed E-state index contributed by atoms with van der Waals surface area (Å²) < 4.78 is 10.9. The van der Waals surface area contributed by atoms with Crippen molar-refractivity contribution in [2.45, 2.75) is 32.7 Å². The summed E-state index contributed by atoms with van der Waals surface area (Å²) >= 11 is 0. The third kappa shape index (κ3) is 1.89. The predicted octanol–water partition coefficient (Wildman–Crippen LogP) is 2.68. The van der Waals surface area contributed by atoms with Crippen LogP contribution in [0.2, 0.25) is 0 Å². The van der Waals surface area contributed by atoms with E-state index in [0.717, 1.165) is 23.5 Å². The van der Waals surface area contributed by atoms with Crippen LogP contribution in [0.15, 0.2) is 18.2 Å². The molecule has 2 N–H and O–H groups in total. The molecule has 1 fully saturated rings. The Balaban J connectivity index is 2.35. The largest absolute Gasteiger partial charge is 0.493 e. The van der Waals surface area contributed by atoms with Crippen LogP contribution in [0.4, 0.5) is 0 Å². The van der Waals surface area contributed by atoms with Gasteiger partial charge in [0.2, 0.25) is 0 Å². The fraction of sp³-hybridized carbons (Fsp3) is 0.571. The molecule has 1 aliphatic carbocycles. The Morgan fingerprint density at radius 1 is 1.29 bits per heavy atom. The Hall–Kier alpha value is -1.22. The van der Waals surface area contributed by atoms with Gasteiger partial charge in [0.1, 0.15) is 0 Å². The van der Waals surface area contributed by atoms with Crippen molar-refractivity contribution in [2.75, 3.05) is 13.7 Å². The van der Waals surface area contributed by atoms with Crippen molar-refractivity contribution in [3.8, 4) is 11.5 Å². The van der Waals surface area contributed by atoms with Gasteiger partial charge < -0.3 is 15.2 Å². The number of methoxy groups -OCH3 is 1. The Morgan fingerprint density at radius 3 is 2.41 bits per heavy atom. The van der Waals surface area contributed by atoms with Gasteiger partial charge in [0.25, 0.3) is 0 Å². The average Bonchev–Trinajstić information content (AvgIpc) is 2.80. The molecule has 0 radical (unpaired) electrons. The van der Waals surface area contributed by atoms with E-state index >= 15 is 0 Å². The molecule has 17 heavy (non-hydrogen) atoms. The highest BCUT2D eigenvalue weighted by molar-refractivity contribution is 5.47. The van der Waals surface area contributed by atoms with E-state index in [2.05, 4.69) is 13.8 Å². The molecule has 1 aromatic carbocycles. The quantitative estimate of drug-likeness (QED) is 0.872. The normalized spacial score (nSPS) is 25.5. The highest BCUT2D eigenvalue weighted by Crippen LogP contribution is 2.60. The van der Waals surface area contributed by atoms with E-state index in [0.29, 0.717) is 6.61 Å². The molecule has 0 heterocycles. The van der Waals surface area contributed by atoms with E-state index in [1.54, 1.807) is 7.11 Å². The Morgan fingerprint density at radius 2 is 1.94 bits per heavy atom. The van der Waals surface area contributed by atoms with E-state index in [1.807, 2.05) is 25.1 Å². The number of nitrogens with two attached hydrogens (primary N) is 1. The zero-order valence-corrected chi connectivity index (χ0v) is 11.0. The monoisotopic (exact) mass is 235 g/mol. The van der Waals surface area contributed by atoms with Crippen LogP contribution in [0.1, 0.15) is 32.8 Å². The van der Waals surface area contributed by atoms with E-state index in [-0.39, 0.29) is 11.0 Å². The van der Waals surface area contributed by atoms with Crippen LogP contribution in [-0.2, 0) is 5.54 Å². The summed E-state index contributed by atoms with van der Waals surface area (Å²) in [5, 5.41) is 0. The molecule has 1 aliphatic rings. The van der Waals surface area contributed by atoms with E-state index in [1.165, 1.54) is 0 Å². The molecule has 2 rings (SSSR count). The summed E-state index contributed by atoms with van der Waals surface area (Å²) in [6, 6.07) is 5.98. The van der Waals surface area contributed by atoms with Gasteiger partial charge in [-0.3, -0.25) is 0 Å². The van der Waals surface area contributed by atoms with Gasteiger partial charge in [0.15, 0.2) is 11.5 Å². The molecular weight excluding hydrogens is 214 g/mol. The van der Waals surface area contributed by atoms with Crippen molar-refractivity contribution in [3.63, 3.8) is 0 Å². The lowest BCUT2D eigenvalue weighted by molar-refractivity contribution is 0.310. The zero-order chi connectivity index (χ0) is 12.7. The highest BCUT2D eigenvalue weighted by atomic mass is 16.5. The predicted molar refractivity (Wildman–Crippen MR) is 68.4 cm³/mol. The first kappa shape index (κ1) is 12.2. The minimum Gasteiger partial charge on any atom is -0.493 e. The minimum atomic E-state index is -0.217. The molecule has 0 bridgehead atoms. The maximum absolute atomic E-state index is 6.41. The van der Waals surface area contributed by atoms with Crippen molar-refractivity contribution in [3.05, 3.63) is 23.8 Å². The molecule has 1 atom stereocenters. The Kier molecular flexibility index (Phi) is 2.82. The zero-order valence-electron chi connectivity index (χ0n) is 11.0. The maximum Gasteiger partial charge on any atom is 0.161 e. The lowest BCUT2D eigenvalue weighted by Crippen LogP contribution is -2.25. The van der Waals surface area contributed by atoms with Crippen LogP contribution in [0.5, 0.6) is 11.5 Å². The number of rotatable bonds is 4. The van der Waals surface area contributed by atoms with Crippen LogP contribution in [0.3, 0.4) is 0 Å². The summed E-state index contributed by atoms with van der Waals surface area (Å²) in [4.78, 5) is 0. The average molecular weight is 235 g/mol. The molecule has 3 nitrogen and oxygen atoms in total. The molecule has 94 valence electrons. The van der Waals surface area contributed by atoms with Crippen molar-refractivity contribution in [1.29, 1.82) is 0 Å². The second-order valence-corrected chi connectivity index (χ2v) is 5.33. The third-order valence-electron chi connectivity index (χ3n) is 3.78. The number of hydrogen-bond donors (Lipinski definition) is 1. The van der Waals surface area contributed by atoms with Gasteiger partial charge in [0, 0.05) is 5.54 Å².